The Morgan fingerprint density at radius 1 is 1.12 bits per heavy atom. The lowest BCUT2D eigenvalue weighted by molar-refractivity contribution is 0.843. The van der Waals surface area contributed by atoms with E-state index in [1.165, 1.54) is 14.0 Å². The molecule has 2 rings (SSSR count). The Bertz CT molecular complexity index is 465. The minimum Gasteiger partial charge on any atom is -0.330 e. The van der Waals surface area contributed by atoms with E-state index in [2.05, 4.69) is 12.1 Å². The zero-order valence-corrected chi connectivity index (χ0v) is 11.7. The van der Waals surface area contributed by atoms with Crippen LogP contribution in [0.3, 0.4) is 0 Å². The fourth-order valence-electron chi connectivity index (χ4n) is 1.44. The van der Waals surface area contributed by atoms with E-state index in [0.717, 1.165) is 24.4 Å². The summed E-state index contributed by atoms with van der Waals surface area (Å²) < 4.78 is 1.32. The van der Waals surface area contributed by atoms with Crippen LogP contribution in [0, 0.1) is 0 Å². The van der Waals surface area contributed by atoms with Gasteiger partial charge in [-0.05, 0) is 55.8 Å². The third-order valence-electron chi connectivity index (χ3n) is 2.30. The van der Waals surface area contributed by atoms with Crippen molar-refractivity contribution in [2.45, 2.75) is 21.9 Å². The molecular formula is C13H14ClNS2. The van der Waals surface area contributed by atoms with Gasteiger partial charge in [-0.25, -0.2) is 0 Å². The largest absolute Gasteiger partial charge is 0.330 e. The van der Waals surface area contributed by atoms with E-state index in [-0.39, 0.29) is 0 Å². The molecule has 0 aliphatic carbocycles. The molecule has 0 saturated carbocycles. The number of hydrogen-bond donors (Lipinski definition) is 1. The minimum absolute atomic E-state index is 0.761. The van der Waals surface area contributed by atoms with Gasteiger partial charge < -0.3 is 5.73 Å². The van der Waals surface area contributed by atoms with Crippen LogP contribution in [0.4, 0.5) is 0 Å². The summed E-state index contributed by atoms with van der Waals surface area (Å²) >= 11 is 9.48. The van der Waals surface area contributed by atoms with E-state index >= 15 is 0 Å². The van der Waals surface area contributed by atoms with Crippen molar-refractivity contribution < 1.29 is 0 Å². The highest BCUT2D eigenvalue weighted by atomic mass is 35.5. The first-order chi connectivity index (χ1) is 8.28. The average Bonchev–Trinajstić information content (AvgIpc) is 2.77. The van der Waals surface area contributed by atoms with E-state index in [9.17, 15) is 0 Å². The molecule has 0 atom stereocenters. The van der Waals surface area contributed by atoms with E-state index in [1.807, 2.05) is 35.6 Å². The molecule has 0 radical (unpaired) electrons. The number of hydrogen-bond acceptors (Lipinski definition) is 3. The molecule has 0 fully saturated rings. The van der Waals surface area contributed by atoms with Crippen molar-refractivity contribution >= 4 is 34.7 Å². The number of thiophene rings is 1. The Morgan fingerprint density at radius 2 is 1.88 bits per heavy atom. The van der Waals surface area contributed by atoms with E-state index < -0.39 is 0 Å². The molecule has 0 aliphatic rings. The Hall–Kier alpha value is -0.480. The molecule has 1 heterocycles. The van der Waals surface area contributed by atoms with Gasteiger partial charge in [-0.1, -0.05) is 23.4 Å². The van der Waals surface area contributed by atoms with E-state index in [0.29, 0.717) is 0 Å². The first-order valence-corrected chi connectivity index (χ1v) is 7.51. The molecule has 1 aromatic heterocycles. The van der Waals surface area contributed by atoms with Crippen molar-refractivity contribution in [1.82, 2.24) is 0 Å². The molecule has 1 nitrogen and oxygen atoms in total. The van der Waals surface area contributed by atoms with Gasteiger partial charge in [0.05, 0.1) is 4.21 Å². The standard InChI is InChI=1S/C13H14ClNS2/c14-10-3-5-12(6-4-10)17-13-8-7-11(16-13)2-1-9-15/h3-8H,1-2,9,15H2. The van der Waals surface area contributed by atoms with Gasteiger partial charge in [0.25, 0.3) is 0 Å². The molecule has 0 spiro atoms. The van der Waals surface area contributed by atoms with Crippen LogP contribution in [0.15, 0.2) is 45.5 Å². The SMILES string of the molecule is NCCCc1ccc(Sc2ccc(Cl)cc2)s1. The van der Waals surface area contributed by atoms with Crippen molar-refractivity contribution in [3.63, 3.8) is 0 Å². The number of halogens is 1. The molecular weight excluding hydrogens is 270 g/mol. The second kappa shape index (κ2) is 6.45. The maximum absolute atomic E-state index is 5.86. The molecule has 17 heavy (non-hydrogen) atoms. The summed E-state index contributed by atoms with van der Waals surface area (Å²) in [4.78, 5) is 2.63. The molecule has 0 amide bonds. The van der Waals surface area contributed by atoms with Gasteiger partial charge in [-0.15, -0.1) is 11.3 Å². The second-order valence-corrected chi connectivity index (χ2v) is 6.65. The fraction of sp³-hybridized carbons (Fsp3) is 0.231. The van der Waals surface area contributed by atoms with Gasteiger partial charge >= 0.3 is 0 Å². The number of aryl methyl sites for hydroxylation is 1. The third kappa shape index (κ3) is 4.03. The van der Waals surface area contributed by atoms with Crippen molar-refractivity contribution in [3.8, 4) is 0 Å². The maximum atomic E-state index is 5.86. The normalized spacial score (nSPS) is 10.7. The molecule has 0 saturated heterocycles. The van der Waals surface area contributed by atoms with Crippen LogP contribution in [0.5, 0.6) is 0 Å². The summed E-state index contributed by atoms with van der Waals surface area (Å²) in [5.74, 6) is 0. The minimum atomic E-state index is 0.761. The zero-order valence-electron chi connectivity index (χ0n) is 9.36. The zero-order chi connectivity index (χ0) is 12.1. The Kier molecular flexibility index (Phi) is 4.92. The Labute approximate surface area is 115 Å². The van der Waals surface area contributed by atoms with Crippen LogP contribution in [-0.2, 0) is 6.42 Å². The molecule has 0 aliphatic heterocycles. The molecule has 2 N–H and O–H groups in total. The third-order valence-corrected chi connectivity index (χ3v) is 4.83. The Morgan fingerprint density at radius 3 is 2.59 bits per heavy atom. The highest BCUT2D eigenvalue weighted by molar-refractivity contribution is 8.01. The van der Waals surface area contributed by atoms with Crippen LogP contribution in [0.2, 0.25) is 5.02 Å². The van der Waals surface area contributed by atoms with Gasteiger partial charge in [0.1, 0.15) is 0 Å². The lowest BCUT2D eigenvalue weighted by atomic mass is 10.3. The van der Waals surface area contributed by atoms with Crippen molar-refractivity contribution in [3.05, 3.63) is 46.3 Å². The van der Waals surface area contributed by atoms with Gasteiger partial charge in [0, 0.05) is 14.8 Å². The van der Waals surface area contributed by atoms with Crippen molar-refractivity contribution in [1.29, 1.82) is 0 Å². The van der Waals surface area contributed by atoms with Crippen LogP contribution in [0.25, 0.3) is 0 Å². The van der Waals surface area contributed by atoms with Crippen LogP contribution >= 0.6 is 34.7 Å². The maximum Gasteiger partial charge on any atom is 0.0649 e. The number of nitrogens with two attached hydrogens (primary N) is 1. The molecule has 1 aromatic carbocycles. The van der Waals surface area contributed by atoms with Gasteiger partial charge in [-0.2, -0.15) is 0 Å². The summed E-state index contributed by atoms with van der Waals surface area (Å²) in [7, 11) is 0. The Balaban J connectivity index is 1.98. The average molecular weight is 284 g/mol. The van der Waals surface area contributed by atoms with E-state index in [4.69, 9.17) is 17.3 Å². The fourth-order valence-corrected chi connectivity index (χ4v) is 3.76. The first kappa shape index (κ1) is 13.0. The summed E-state index contributed by atoms with van der Waals surface area (Å²) in [6, 6.07) is 12.3. The summed E-state index contributed by atoms with van der Waals surface area (Å²) in [6.45, 7) is 0.761. The van der Waals surface area contributed by atoms with Gasteiger partial charge in [0.2, 0.25) is 0 Å². The molecule has 0 unspecified atom stereocenters. The van der Waals surface area contributed by atoms with Gasteiger partial charge in [-0.3, -0.25) is 0 Å². The first-order valence-electron chi connectivity index (χ1n) is 5.50. The number of rotatable bonds is 5. The summed E-state index contributed by atoms with van der Waals surface area (Å²) in [5, 5.41) is 0.782. The summed E-state index contributed by atoms with van der Waals surface area (Å²) in [5.41, 5.74) is 5.51. The molecule has 4 heteroatoms. The molecule has 2 aromatic rings. The van der Waals surface area contributed by atoms with Gasteiger partial charge in [0.15, 0.2) is 0 Å². The highest BCUT2D eigenvalue weighted by Gasteiger charge is 2.02. The lowest BCUT2D eigenvalue weighted by Crippen LogP contribution is -1.98. The van der Waals surface area contributed by atoms with Crippen molar-refractivity contribution in [2.24, 2.45) is 5.73 Å². The highest BCUT2D eigenvalue weighted by Crippen LogP contribution is 2.34. The van der Waals surface area contributed by atoms with Crippen LogP contribution < -0.4 is 5.73 Å². The predicted octanol–water partition coefficient (Wildman–Crippen LogP) is 4.44. The van der Waals surface area contributed by atoms with Crippen LogP contribution in [-0.4, -0.2) is 6.54 Å². The molecule has 0 bridgehead atoms. The second-order valence-electron chi connectivity index (χ2n) is 3.67. The van der Waals surface area contributed by atoms with E-state index in [1.54, 1.807) is 11.8 Å². The van der Waals surface area contributed by atoms with Crippen LogP contribution in [0.1, 0.15) is 11.3 Å². The molecule has 90 valence electrons. The monoisotopic (exact) mass is 283 g/mol. The quantitative estimate of drug-likeness (QED) is 0.878. The number of benzene rings is 1. The predicted molar refractivity (Wildman–Crippen MR) is 77.3 cm³/mol. The summed E-state index contributed by atoms with van der Waals surface area (Å²) in [6.07, 6.45) is 2.15. The topological polar surface area (TPSA) is 26.0 Å². The lowest BCUT2D eigenvalue weighted by Gasteiger charge is -1.98. The van der Waals surface area contributed by atoms with Crippen molar-refractivity contribution in [2.75, 3.05) is 6.54 Å². The smallest absolute Gasteiger partial charge is 0.0649 e.